The van der Waals surface area contributed by atoms with Crippen LogP contribution in [0.15, 0.2) is 0 Å². The molecule has 1 saturated carbocycles. The fourth-order valence-electron chi connectivity index (χ4n) is 4.24. The fourth-order valence-corrected chi connectivity index (χ4v) is 4.24. The molecule has 16 heavy (non-hydrogen) atoms. The first-order valence-electron chi connectivity index (χ1n) is 7.28. The zero-order chi connectivity index (χ0) is 11.1. The molecule has 1 aliphatic carbocycles. The van der Waals surface area contributed by atoms with Crippen LogP contribution in [0.1, 0.15) is 52.4 Å². The molecule has 0 spiro atoms. The highest BCUT2D eigenvalue weighted by Gasteiger charge is 2.40. The first-order valence-corrected chi connectivity index (χ1v) is 7.28. The van der Waals surface area contributed by atoms with E-state index in [1.165, 1.54) is 45.1 Å². The lowest BCUT2D eigenvalue weighted by Crippen LogP contribution is -2.54. The van der Waals surface area contributed by atoms with Crippen molar-refractivity contribution < 1.29 is 0 Å². The van der Waals surface area contributed by atoms with Crippen LogP contribution in [-0.2, 0) is 0 Å². The monoisotopic (exact) mass is 222 g/mol. The summed E-state index contributed by atoms with van der Waals surface area (Å²) < 4.78 is 0. The third-order valence-electron chi connectivity index (χ3n) is 5.10. The van der Waals surface area contributed by atoms with Crippen LogP contribution in [0.2, 0.25) is 0 Å². The van der Waals surface area contributed by atoms with Crippen molar-refractivity contribution in [1.82, 2.24) is 10.2 Å². The van der Waals surface area contributed by atoms with Gasteiger partial charge >= 0.3 is 0 Å². The van der Waals surface area contributed by atoms with E-state index in [1.54, 1.807) is 0 Å². The number of rotatable bonds is 3. The van der Waals surface area contributed by atoms with Crippen molar-refractivity contribution in [3.8, 4) is 0 Å². The third-order valence-corrected chi connectivity index (χ3v) is 5.10. The van der Waals surface area contributed by atoms with Crippen molar-refractivity contribution in [1.29, 1.82) is 0 Å². The van der Waals surface area contributed by atoms with Gasteiger partial charge in [0.15, 0.2) is 0 Å². The van der Waals surface area contributed by atoms with Gasteiger partial charge in [-0.15, -0.1) is 0 Å². The molecule has 2 nitrogen and oxygen atoms in total. The van der Waals surface area contributed by atoms with Gasteiger partial charge in [0.1, 0.15) is 0 Å². The van der Waals surface area contributed by atoms with Crippen molar-refractivity contribution in [2.45, 2.75) is 76.5 Å². The molecule has 0 aromatic heterocycles. The minimum absolute atomic E-state index is 0.843. The Morgan fingerprint density at radius 2 is 1.56 bits per heavy atom. The highest BCUT2D eigenvalue weighted by molar-refractivity contribution is 4.98. The van der Waals surface area contributed by atoms with E-state index in [0.717, 1.165) is 30.1 Å². The molecule has 2 heteroatoms. The summed E-state index contributed by atoms with van der Waals surface area (Å²) in [5.74, 6) is 0.984. The van der Waals surface area contributed by atoms with Gasteiger partial charge < -0.3 is 5.32 Å². The topological polar surface area (TPSA) is 15.3 Å². The number of nitrogens with zero attached hydrogens (tertiary/aromatic N) is 1. The van der Waals surface area contributed by atoms with Gasteiger partial charge in [0, 0.05) is 24.2 Å². The molecule has 3 fully saturated rings. The molecule has 0 aromatic carbocycles. The molecule has 3 aliphatic rings. The molecule has 2 aliphatic heterocycles. The van der Waals surface area contributed by atoms with E-state index in [2.05, 4.69) is 24.1 Å². The van der Waals surface area contributed by atoms with Crippen molar-refractivity contribution in [3.05, 3.63) is 0 Å². The molecule has 2 unspecified atom stereocenters. The molecule has 0 amide bonds. The Labute approximate surface area is 99.8 Å². The van der Waals surface area contributed by atoms with E-state index in [0.29, 0.717) is 0 Å². The van der Waals surface area contributed by atoms with Gasteiger partial charge in [0.05, 0.1) is 0 Å². The molecule has 2 bridgehead atoms. The summed E-state index contributed by atoms with van der Waals surface area (Å²) in [6.07, 6.45) is 8.59. The van der Waals surface area contributed by atoms with Crippen LogP contribution in [0.4, 0.5) is 0 Å². The second-order valence-corrected chi connectivity index (χ2v) is 6.32. The van der Waals surface area contributed by atoms with E-state index < -0.39 is 0 Å². The summed E-state index contributed by atoms with van der Waals surface area (Å²) in [4.78, 5) is 2.83. The zero-order valence-corrected chi connectivity index (χ0v) is 10.8. The molecule has 2 atom stereocenters. The quantitative estimate of drug-likeness (QED) is 0.789. The summed E-state index contributed by atoms with van der Waals surface area (Å²) in [6.45, 7) is 6.02. The molecule has 92 valence electrons. The summed E-state index contributed by atoms with van der Waals surface area (Å²) in [7, 11) is 0. The van der Waals surface area contributed by atoms with E-state index in [9.17, 15) is 0 Å². The molecule has 0 radical (unpaired) electrons. The lowest BCUT2D eigenvalue weighted by molar-refractivity contribution is 0.0324. The fraction of sp³-hybridized carbons (Fsp3) is 1.00. The third kappa shape index (κ3) is 1.91. The normalized spacial score (nSPS) is 47.1. The predicted octanol–water partition coefficient (Wildman–Crippen LogP) is 2.39. The van der Waals surface area contributed by atoms with E-state index >= 15 is 0 Å². The summed E-state index contributed by atoms with van der Waals surface area (Å²) in [6, 6.07) is 3.49. The lowest BCUT2D eigenvalue weighted by Gasteiger charge is -2.47. The minimum atomic E-state index is 0.843. The molecule has 0 aromatic rings. The van der Waals surface area contributed by atoms with Gasteiger partial charge in [-0.05, 0) is 51.0 Å². The van der Waals surface area contributed by atoms with E-state index in [-0.39, 0.29) is 0 Å². The average Bonchev–Trinajstić information content (AvgIpc) is 2.57. The molecular formula is C14H26N2. The van der Waals surface area contributed by atoms with Crippen LogP contribution in [0.5, 0.6) is 0 Å². The van der Waals surface area contributed by atoms with Crippen LogP contribution >= 0.6 is 0 Å². The smallest absolute Gasteiger partial charge is 0.0128 e. The molecule has 2 heterocycles. The van der Waals surface area contributed by atoms with Crippen LogP contribution in [0.3, 0.4) is 0 Å². The molecule has 2 saturated heterocycles. The van der Waals surface area contributed by atoms with Gasteiger partial charge in [0.2, 0.25) is 0 Å². The number of piperidine rings is 1. The average molecular weight is 222 g/mol. The second kappa shape index (κ2) is 4.30. The highest BCUT2D eigenvalue weighted by Crippen LogP contribution is 2.37. The van der Waals surface area contributed by atoms with Gasteiger partial charge in [-0.25, -0.2) is 0 Å². The Balaban J connectivity index is 1.62. The predicted molar refractivity (Wildman–Crippen MR) is 67.5 cm³/mol. The Kier molecular flexibility index (Phi) is 2.97. The Hall–Kier alpha value is -0.0800. The second-order valence-electron chi connectivity index (χ2n) is 6.32. The standard InChI is InChI=1S/C14H26N2/c1-3-16(13-6-10(2)7-13)14-8-11-4-5-12(9-14)15-11/h10-15H,3-9H2,1-2H3. The first kappa shape index (κ1) is 11.0. The van der Waals surface area contributed by atoms with Gasteiger partial charge in [-0.2, -0.15) is 0 Å². The zero-order valence-electron chi connectivity index (χ0n) is 10.8. The summed E-state index contributed by atoms with van der Waals surface area (Å²) >= 11 is 0. The van der Waals surface area contributed by atoms with Crippen LogP contribution in [-0.4, -0.2) is 35.6 Å². The molecular weight excluding hydrogens is 196 g/mol. The van der Waals surface area contributed by atoms with Crippen LogP contribution < -0.4 is 5.32 Å². The minimum Gasteiger partial charge on any atom is -0.311 e. The van der Waals surface area contributed by atoms with E-state index in [4.69, 9.17) is 0 Å². The van der Waals surface area contributed by atoms with Crippen LogP contribution in [0.25, 0.3) is 0 Å². The number of hydrogen-bond acceptors (Lipinski definition) is 2. The SMILES string of the molecule is CCN(C1CC(C)C1)C1CC2CCC(C1)N2. The highest BCUT2D eigenvalue weighted by atomic mass is 15.2. The van der Waals surface area contributed by atoms with Gasteiger partial charge in [-0.1, -0.05) is 13.8 Å². The van der Waals surface area contributed by atoms with Crippen molar-refractivity contribution >= 4 is 0 Å². The number of fused-ring (bicyclic) bond motifs is 2. The van der Waals surface area contributed by atoms with Crippen molar-refractivity contribution in [2.24, 2.45) is 5.92 Å². The van der Waals surface area contributed by atoms with Gasteiger partial charge in [0.25, 0.3) is 0 Å². The maximum absolute atomic E-state index is 3.76. The summed E-state index contributed by atoms with van der Waals surface area (Å²) in [5, 5.41) is 3.76. The van der Waals surface area contributed by atoms with Crippen molar-refractivity contribution in [3.63, 3.8) is 0 Å². The maximum atomic E-state index is 3.76. The Morgan fingerprint density at radius 3 is 2.06 bits per heavy atom. The Bertz CT molecular complexity index is 235. The van der Waals surface area contributed by atoms with E-state index in [1.807, 2.05) is 0 Å². The maximum Gasteiger partial charge on any atom is 0.0128 e. The lowest BCUT2D eigenvalue weighted by atomic mass is 9.79. The molecule has 1 N–H and O–H groups in total. The van der Waals surface area contributed by atoms with Gasteiger partial charge in [-0.3, -0.25) is 4.90 Å². The summed E-state index contributed by atoms with van der Waals surface area (Å²) in [5.41, 5.74) is 0. The number of nitrogens with one attached hydrogen (secondary N) is 1. The first-order chi connectivity index (χ1) is 7.76. The molecule has 3 rings (SSSR count). The van der Waals surface area contributed by atoms with Crippen molar-refractivity contribution in [2.75, 3.05) is 6.54 Å². The van der Waals surface area contributed by atoms with Crippen LogP contribution in [0, 0.1) is 5.92 Å². The Morgan fingerprint density at radius 1 is 1.00 bits per heavy atom. The number of hydrogen-bond donors (Lipinski definition) is 1. The largest absolute Gasteiger partial charge is 0.311 e.